The molecule has 0 atom stereocenters. The second-order valence-corrected chi connectivity index (χ2v) is 5.50. The summed E-state index contributed by atoms with van der Waals surface area (Å²) in [5, 5.41) is 3.30. The van der Waals surface area contributed by atoms with Gasteiger partial charge in [0, 0.05) is 32.2 Å². The molecule has 0 unspecified atom stereocenters. The van der Waals surface area contributed by atoms with Gasteiger partial charge in [0.05, 0.1) is 0 Å². The van der Waals surface area contributed by atoms with Crippen LogP contribution in [-0.2, 0) is 0 Å². The number of nitrogens with zero attached hydrogens (tertiary/aromatic N) is 2. The van der Waals surface area contributed by atoms with Crippen LogP contribution in [0.1, 0.15) is 32.6 Å². The van der Waals surface area contributed by atoms with Gasteiger partial charge in [0.25, 0.3) is 0 Å². The molecule has 2 rings (SSSR count). The van der Waals surface area contributed by atoms with E-state index in [4.69, 9.17) is 0 Å². The Kier molecular flexibility index (Phi) is 6.22. The van der Waals surface area contributed by atoms with E-state index in [1.54, 1.807) is 0 Å². The number of carbonyl (C=O) groups excluding carboxylic acids is 1. The molecule has 18 heavy (non-hydrogen) atoms. The lowest BCUT2D eigenvalue weighted by Gasteiger charge is -2.38. The minimum Gasteiger partial charge on any atom is -0.325 e. The summed E-state index contributed by atoms with van der Waals surface area (Å²) in [6.07, 6.45) is 4.51. The van der Waals surface area contributed by atoms with Crippen molar-refractivity contribution < 1.29 is 4.79 Å². The minimum atomic E-state index is 0. The number of piperidine rings is 2. The predicted molar refractivity (Wildman–Crippen MR) is 76.3 cm³/mol. The topological polar surface area (TPSA) is 35.6 Å². The van der Waals surface area contributed by atoms with Crippen LogP contribution in [0.4, 0.5) is 4.79 Å². The van der Waals surface area contributed by atoms with Crippen LogP contribution in [0, 0.1) is 5.92 Å². The standard InChI is InChI=1S/C13H25N3O.ClH/c1-11-3-7-15(8-4-11)13(17)16-9-5-12(14-2)6-10-16;/h11-12,14H,3-10H2,1-2H3;1H. The highest BCUT2D eigenvalue weighted by molar-refractivity contribution is 5.85. The number of halogens is 1. The number of hydrogen-bond donors (Lipinski definition) is 1. The Balaban J connectivity index is 0.00000162. The maximum absolute atomic E-state index is 12.3. The van der Waals surface area contributed by atoms with Gasteiger partial charge in [-0.15, -0.1) is 12.4 Å². The summed E-state index contributed by atoms with van der Waals surface area (Å²) in [5.74, 6) is 0.786. The van der Waals surface area contributed by atoms with Crippen LogP contribution >= 0.6 is 12.4 Å². The maximum atomic E-state index is 12.3. The summed E-state index contributed by atoms with van der Waals surface area (Å²) in [6, 6.07) is 0.867. The molecule has 2 fully saturated rings. The quantitative estimate of drug-likeness (QED) is 0.794. The first-order valence-corrected chi connectivity index (χ1v) is 6.92. The molecule has 0 spiro atoms. The van der Waals surface area contributed by atoms with Crippen molar-refractivity contribution in [2.45, 2.75) is 38.6 Å². The molecule has 4 nitrogen and oxygen atoms in total. The van der Waals surface area contributed by atoms with Crippen LogP contribution in [0.25, 0.3) is 0 Å². The fourth-order valence-electron chi connectivity index (χ4n) is 2.76. The smallest absolute Gasteiger partial charge is 0.319 e. The second-order valence-electron chi connectivity index (χ2n) is 5.50. The van der Waals surface area contributed by atoms with Crippen LogP contribution < -0.4 is 5.32 Å². The van der Waals surface area contributed by atoms with Crippen LogP contribution in [0.3, 0.4) is 0 Å². The van der Waals surface area contributed by atoms with Gasteiger partial charge in [-0.25, -0.2) is 4.79 Å². The Morgan fingerprint density at radius 2 is 1.44 bits per heavy atom. The summed E-state index contributed by atoms with van der Waals surface area (Å²) in [5.41, 5.74) is 0. The van der Waals surface area contributed by atoms with E-state index in [1.165, 1.54) is 12.8 Å². The summed E-state index contributed by atoms with van der Waals surface area (Å²) >= 11 is 0. The zero-order valence-corrected chi connectivity index (χ0v) is 12.3. The van der Waals surface area contributed by atoms with Crippen LogP contribution in [0.2, 0.25) is 0 Å². The molecule has 2 amide bonds. The Bertz CT molecular complexity index is 259. The van der Waals surface area contributed by atoms with Gasteiger partial charge in [-0.3, -0.25) is 0 Å². The van der Waals surface area contributed by atoms with Crippen molar-refractivity contribution in [1.82, 2.24) is 15.1 Å². The van der Waals surface area contributed by atoms with E-state index >= 15 is 0 Å². The molecule has 0 aliphatic carbocycles. The number of amides is 2. The van der Waals surface area contributed by atoms with Crippen LogP contribution in [0.15, 0.2) is 0 Å². The van der Waals surface area contributed by atoms with Gasteiger partial charge in [-0.1, -0.05) is 6.92 Å². The molecule has 1 N–H and O–H groups in total. The highest BCUT2D eigenvalue weighted by Gasteiger charge is 2.27. The van der Waals surface area contributed by atoms with Gasteiger partial charge in [-0.2, -0.15) is 0 Å². The molecular formula is C13H26ClN3O. The molecule has 0 aromatic carbocycles. The molecule has 2 aliphatic rings. The van der Waals surface area contributed by atoms with Crippen molar-refractivity contribution in [2.24, 2.45) is 5.92 Å². The van der Waals surface area contributed by atoms with Gasteiger partial charge < -0.3 is 15.1 Å². The molecule has 0 saturated carbocycles. The Morgan fingerprint density at radius 1 is 1.00 bits per heavy atom. The van der Waals surface area contributed by atoms with Gasteiger partial charge in [0.2, 0.25) is 0 Å². The third-order valence-electron chi connectivity index (χ3n) is 4.23. The molecule has 106 valence electrons. The molecule has 0 aromatic rings. The third kappa shape index (κ3) is 3.75. The lowest BCUT2D eigenvalue weighted by molar-refractivity contribution is 0.122. The summed E-state index contributed by atoms with van der Waals surface area (Å²) in [6.45, 7) is 6.00. The average molecular weight is 276 g/mol. The molecule has 2 aliphatic heterocycles. The monoisotopic (exact) mass is 275 g/mol. The molecule has 0 aromatic heterocycles. The van der Waals surface area contributed by atoms with E-state index in [2.05, 4.69) is 12.2 Å². The van der Waals surface area contributed by atoms with Crippen LogP contribution in [-0.4, -0.2) is 55.1 Å². The van der Waals surface area contributed by atoms with Crippen molar-refractivity contribution in [2.75, 3.05) is 33.2 Å². The first-order chi connectivity index (χ1) is 8.20. The number of likely N-dealkylation sites (tertiary alicyclic amines) is 2. The summed E-state index contributed by atoms with van der Waals surface area (Å²) in [7, 11) is 2.01. The Morgan fingerprint density at radius 3 is 1.89 bits per heavy atom. The normalized spacial score (nSPS) is 22.8. The van der Waals surface area contributed by atoms with Crippen molar-refractivity contribution in [1.29, 1.82) is 0 Å². The lowest BCUT2D eigenvalue weighted by atomic mass is 9.99. The molecular weight excluding hydrogens is 250 g/mol. The molecule has 0 radical (unpaired) electrons. The van der Waals surface area contributed by atoms with Crippen LogP contribution in [0.5, 0.6) is 0 Å². The highest BCUT2D eigenvalue weighted by Crippen LogP contribution is 2.19. The van der Waals surface area contributed by atoms with E-state index in [9.17, 15) is 4.79 Å². The zero-order chi connectivity index (χ0) is 12.3. The lowest BCUT2D eigenvalue weighted by Crippen LogP contribution is -2.51. The van der Waals surface area contributed by atoms with Gasteiger partial charge >= 0.3 is 6.03 Å². The third-order valence-corrected chi connectivity index (χ3v) is 4.23. The number of rotatable bonds is 1. The largest absolute Gasteiger partial charge is 0.325 e. The van der Waals surface area contributed by atoms with Crippen molar-refractivity contribution in [3.63, 3.8) is 0 Å². The first-order valence-electron chi connectivity index (χ1n) is 6.92. The number of urea groups is 1. The van der Waals surface area contributed by atoms with Gasteiger partial charge in [-0.05, 0) is 38.6 Å². The Labute approximate surface area is 116 Å². The zero-order valence-electron chi connectivity index (χ0n) is 11.5. The van der Waals surface area contributed by atoms with Gasteiger partial charge in [0.15, 0.2) is 0 Å². The maximum Gasteiger partial charge on any atom is 0.319 e. The SMILES string of the molecule is CNC1CCN(C(=O)N2CCC(C)CC2)CC1.Cl. The number of hydrogen-bond acceptors (Lipinski definition) is 2. The fraction of sp³-hybridized carbons (Fsp3) is 0.923. The fourth-order valence-corrected chi connectivity index (χ4v) is 2.76. The van der Waals surface area contributed by atoms with Crippen molar-refractivity contribution >= 4 is 18.4 Å². The first kappa shape index (κ1) is 15.6. The second kappa shape index (κ2) is 7.19. The molecule has 2 heterocycles. The predicted octanol–water partition coefficient (Wildman–Crippen LogP) is 1.94. The summed E-state index contributed by atoms with van der Waals surface area (Å²) < 4.78 is 0. The van der Waals surface area contributed by atoms with E-state index in [-0.39, 0.29) is 18.4 Å². The van der Waals surface area contributed by atoms with Crippen molar-refractivity contribution in [3.05, 3.63) is 0 Å². The van der Waals surface area contributed by atoms with E-state index < -0.39 is 0 Å². The highest BCUT2D eigenvalue weighted by atomic mass is 35.5. The Hall–Kier alpha value is -0.480. The van der Waals surface area contributed by atoms with Gasteiger partial charge in [0.1, 0.15) is 0 Å². The van der Waals surface area contributed by atoms with E-state index in [0.29, 0.717) is 6.04 Å². The van der Waals surface area contributed by atoms with E-state index in [1.807, 2.05) is 16.8 Å². The number of nitrogens with one attached hydrogen (secondary N) is 1. The molecule has 5 heteroatoms. The molecule has 0 bridgehead atoms. The van der Waals surface area contributed by atoms with Crippen molar-refractivity contribution in [3.8, 4) is 0 Å². The molecule has 2 saturated heterocycles. The average Bonchev–Trinajstić information content (AvgIpc) is 2.39. The number of carbonyl (C=O) groups is 1. The van der Waals surface area contributed by atoms with E-state index in [0.717, 1.165) is 44.9 Å². The summed E-state index contributed by atoms with van der Waals surface area (Å²) in [4.78, 5) is 16.4. The minimum absolute atomic E-state index is 0.